The lowest BCUT2D eigenvalue weighted by atomic mass is 9.67. The number of Topliss-reactive ketones (excluding diaryl/α,β-unsaturated/α-hetero) is 1. The van der Waals surface area contributed by atoms with Gasteiger partial charge in [-0.3, -0.25) is 0 Å². The summed E-state index contributed by atoms with van der Waals surface area (Å²) >= 11 is 0. The first-order chi connectivity index (χ1) is 7.89. The molecule has 0 fully saturated rings. The van der Waals surface area contributed by atoms with E-state index in [4.69, 9.17) is 0 Å². The maximum Gasteiger partial charge on any atom is 0.481 e. The number of aryl methyl sites for hydroxylation is 1. The van der Waals surface area contributed by atoms with Crippen LogP contribution in [0.5, 0.6) is 0 Å². The summed E-state index contributed by atoms with van der Waals surface area (Å²) in [6.45, 7) is -3.73. The summed E-state index contributed by atoms with van der Waals surface area (Å²) < 4.78 is 38.1. The summed E-state index contributed by atoms with van der Waals surface area (Å²) in [4.78, 5) is 10.8. The Morgan fingerprint density at radius 1 is 1.24 bits per heavy atom. The Morgan fingerprint density at radius 3 is 2.29 bits per heavy atom. The highest BCUT2D eigenvalue weighted by Gasteiger charge is 2.34. The van der Waals surface area contributed by atoms with Gasteiger partial charge in [-0.15, -0.1) is 0 Å². The van der Waals surface area contributed by atoms with E-state index < -0.39 is 25.0 Å². The van der Waals surface area contributed by atoms with Crippen molar-refractivity contribution in [2.45, 2.75) is 32.0 Å². The van der Waals surface area contributed by atoms with Crippen LogP contribution >= 0.6 is 0 Å². The van der Waals surface area contributed by atoms with Crippen molar-refractivity contribution in [2.75, 3.05) is 0 Å². The number of halogens is 3. The lowest BCUT2D eigenvalue weighted by Gasteiger charge is -2.25. The molecule has 1 aromatic carbocycles. The predicted molar refractivity (Wildman–Crippen MR) is 62.9 cm³/mol. The molecule has 0 amide bonds. The third kappa shape index (κ3) is 5.07. The molecule has 0 saturated heterocycles. The molecule has 1 nitrogen and oxygen atoms in total. The molecule has 0 bridgehead atoms. The molecule has 0 saturated carbocycles. The second-order valence-corrected chi connectivity index (χ2v) is 4.32. The average Bonchev–Trinajstić information content (AvgIpc) is 2.23. The summed E-state index contributed by atoms with van der Waals surface area (Å²) in [6, 6.07) is 9.02. The Morgan fingerprint density at radius 2 is 1.82 bits per heavy atom. The van der Waals surface area contributed by atoms with Gasteiger partial charge < -0.3 is 17.7 Å². The van der Waals surface area contributed by atoms with Gasteiger partial charge in [-0.25, -0.2) is 0 Å². The summed E-state index contributed by atoms with van der Waals surface area (Å²) in [5.74, 6) is -1.87. The molecule has 0 spiro atoms. The fraction of sp³-hybridized carbons (Fsp3) is 0.417. The van der Waals surface area contributed by atoms with Crippen molar-refractivity contribution in [3.8, 4) is 0 Å². The second-order valence-electron chi connectivity index (χ2n) is 4.32. The number of hydrogen-bond donors (Lipinski definition) is 0. The van der Waals surface area contributed by atoms with Crippen molar-refractivity contribution in [3.63, 3.8) is 0 Å². The standard InChI is InChI=1S/C12H15BF3O/c1-10(17)9-12(13(14,15)16)8-7-11-5-3-2-4-6-11/h2-6,12H,7-9H2,1H3/q-1/t12-/m0/s1. The monoisotopic (exact) mass is 243 g/mol. The van der Waals surface area contributed by atoms with Crippen LogP contribution in [0.1, 0.15) is 25.3 Å². The minimum absolute atomic E-state index is 0.00685. The van der Waals surface area contributed by atoms with E-state index in [0.717, 1.165) is 5.56 Å². The molecule has 0 heterocycles. The third-order valence-corrected chi connectivity index (χ3v) is 2.73. The maximum atomic E-state index is 12.7. The quantitative estimate of drug-likeness (QED) is 0.694. The van der Waals surface area contributed by atoms with E-state index in [1.165, 1.54) is 6.92 Å². The van der Waals surface area contributed by atoms with Gasteiger partial charge in [-0.1, -0.05) is 42.6 Å². The van der Waals surface area contributed by atoms with Gasteiger partial charge in [0.25, 0.3) is 0 Å². The Labute approximate surface area is 99.1 Å². The first kappa shape index (κ1) is 13.8. The Bertz CT molecular complexity index is 362. The Hall–Kier alpha value is -1.26. The Kier molecular flexibility index (Phi) is 4.79. The molecule has 0 aromatic heterocycles. The molecule has 1 rings (SSSR count). The minimum Gasteiger partial charge on any atom is -0.449 e. The molecule has 0 aliphatic rings. The molecule has 0 radical (unpaired) electrons. The number of carbonyl (C=O) groups is 1. The Balaban J connectivity index is 2.59. The number of ketones is 1. The van der Waals surface area contributed by atoms with E-state index in [1.54, 1.807) is 24.3 Å². The smallest absolute Gasteiger partial charge is 0.449 e. The highest BCUT2D eigenvalue weighted by molar-refractivity contribution is 6.60. The first-order valence-electron chi connectivity index (χ1n) is 5.63. The van der Waals surface area contributed by atoms with Crippen LogP contribution in [0.25, 0.3) is 0 Å². The zero-order valence-electron chi connectivity index (χ0n) is 9.70. The van der Waals surface area contributed by atoms with E-state index in [9.17, 15) is 17.7 Å². The first-order valence-corrected chi connectivity index (χ1v) is 5.63. The molecule has 1 aromatic rings. The number of benzene rings is 1. The van der Waals surface area contributed by atoms with Gasteiger partial charge in [-0.05, 0) is 25.3 Å². The number of hydrogen-bond acceptors (Lipinski definition) is 1. The predicted octanol–water partition coefficient (Wildman–Crippen LogP) is 3.82. The van der Waals surface area contributed by atoms with Crippen molar-refractivity contribution in [1.82, 2.24) is 0 Å². The molecule has 94 valence electrons. The van der Waals surface area contributed by atoms with Crippen LogP contribution in [-0.4, -0.2) is 12.8 Å². The van der Waals surface area contributed by atoms with Crippen molar-refractivity contribution >= 4 is 12.8 Å². The van der Waals surface area contributed by atoms with E-state index in [2.05, 4.69) is 0 Å². The minimum atomic E-state index is -4.94. The van der Waals surface area contributed by atoms with Crippen LogP contribution in [0.3, 0.4) is 0 Å². The zero-order valence-corrected chi connectivity index (χ0v) is 9.70. The van der Waals surface area contributed by atoms with Crippen molar-refractivity contribution in [2.24, 2.45) is 0 Å². The van der Waals surface area contributed by atoms with Crippen LogP contribution in [-0.2, 0) is 11.2 Å². The molecule has 0 unspecified atom stereocenters. The SMILES string of the molecule is CC(=O)C[C@H](CCc1ccccc1)[B-](F)(F)F. The molecular formula is C12H15BF3O-. The molecule has 0 aliphatic carbocycles. The molecule has 5 heteroatoms. The molecule has 1 atom stereocenters. The third-order valence-electron chi connectivity index (χ3n) is 2.73. The number of carbonyl (C=O) groups excluding carboxylic acids is 1. The fourth-order valence-electron chi connectivity index (χ4n) is 1.79. The van der Waals surface area contributed by atoms with Crippen molar-refractivity contribution in [3.05, 3.63) is 35.9 Å². The van der Waals surface area contributed by atoms with Crippen LogP contribution in [0.15, 0.2) is 30.3 Å². The maximum absolute atomic E-state index is 12.7. The lowest BCUT2D eigenvalue weighted by molar-refractivity contribution is -0.117. The van der Waals surface area contributed by atoms with Gasteiger partial charge in [0, 0.05) is 0 Å². The van der Waals surface area contributed by atoms with E-state index >= 15 is 0 Å². The molecule has 0 N–H and O–H groups in total. The fourth-order valence-corrected chi connectivity index (χ4v) is 1.79. The summed E-state index contributed by atoms with van der Waals surface area (Å²) in [6.07, 6.45) is -0.0382. The number of rotatable bonds is 6. The molecule has 17 heavy (non-hydrogen) atoms. The summed E-state index contributed by atoms with van der Waals surface area (Å²) in [5, 5.41) is 0. The van der Waals surface area contributed by atoms with E-state index in [-0.39, 0.29) is 6.42 Å². The van der Waals surface area contributed by atoms with Gasteiger partial charge in [0.15, 0.2) is 0 Å². The largest absolute Gasteiger partial charge is 0.481 e. The van der Waals surface area contributed by atoms with Gasteiger partial charge in [0.1, 0.15) is 5.78 Å². The highest BCUT2D eigenvalue weighted by atomic mass is 19.4. The summed E-state index contributed by atoms with van der Waals surface area (Å²) in [7, 11) is 0. The topological polar surface area (TPSA) is 17.1 Å². The van der Waals surface area contributed by atoms with E-state index in [0.29, 0.717) is 6.42 Å². The summed E-state index contributed by atoms with van der Waals surface area (Å²) in [5.41, 5.74) is 0.876. The average molecular weight is 243 g/mol. The van der Waals surface area contributed by atoms with Crippen LogP contribution in [0, 0.1) is 0 Å². The normalized spacial score (nSPS) is 13.4. The van der Waals surface area contributed by atoms with Gasteiger partial charge in [-0.2, -0.15) is 0 Å². The lowest BCUT2D eigenvalue weighted by Crippen LogP contribution is -2.26. The van der Waals surface area contributed by atoms with E-state index in [1.807, 2.05) is 6.07 Å². The highest BCUT2D eigenvalue weighted by Crippen LogP contribution is 2.33. The van der Waals surface area contributed by atoms with Crippen molar-refractivity contribution in [1.29, 1.82) is 0 Å². The second kappa shape index (κ2) is 5.89. The van der Waals surface area contributed by atoms with Crippen molar-refractivity contribution < 1.29 is 17.7 Å². The van der Waals surface area contributed by atoms with Gasteiger partial charge in [0.05, 0.1) is 0 Å². The van der Waals surface area contributed by atoms with Crippen LogP contribution < -0.4 is 0 Å². The molecular weight excluding hydrogens is 228 g/mol. The zero-order chi connectivity index (χ0) is 12.9. The molecule has 0 aliphatic heterocycles. The van der Waals surface area contributed by atoms with Gasteiger partial charge >= 0.3 is 6.98 Å². The van der Waals surface area contributed by atoms with Gasteiger partial charge in [0.2, 0.25) is 0 Å². The van der Waals surface area contributed by atoms with Crippen LogP contribution in [0.2, 0.25) is 5.82 Å². The van der Waals surface area contributed by atoms with Crippen LogP contribution in [0.4, 0.5) is 12.9 Å².